The van der Waals surface area contributed by atoms with Crippen LogP contribution in [0.25, 0.3) is 33.5 Å². The van der Waals surface area contributed by atoms with Gasteiger partial charge in [-0.15, -0.1) is 11.3 Å². The zero-order valence-electron chi connectivity index (χ0n) is 21.7. The first-order valence-electron chi connectivity index (χ1n) is 12.8. The van der Waals surface area contributed by atoms with E-state index in [9.17, 15) is 9.59 Å². The van der Waals surface area contributed by atoms with Gasteiger partial charge in [0.1, 0.15) is 5.01 Å². The van der Waals surface area contributed by atoms with Crippen LogP contribution in [0.3, 0.4) is 0 Å². The fourth-order valence-corrected chi connectivity index (χ4v) is 6.06. The fraction of sp³-hybridized carbons (Fsp3) is 0.233. The number of carbonyl (C=O) groups excluding carboxylic acids is 2. The summed E-state index contributed by atoms with van der Waals surface area (Å²) < 4.78 is 0. The predicted molar refractivity (Wildman–Crippen MR) is 153 cm³/mol. The number of carbonyl (C=O) groups is 2. The molecule has 2 N–H and O–H groups in total. The van der Waals surface area contributed by atoms with Crippen molar-refractivity contribution < 1.29 is 9.59 Å². The Morgan fingerprint density at radius 2 is 1.74 bits per heavy atom. The molecule has 8 heteroatoms. The molecular formula is C30H29N5O2S. The zero-order valence-corrected chi connectivity index (χ0v) is 22.5. The van der Waals surface area contributed by atoms with E-state index < -0.39 is 0 Å². The van der Waals surface area contributed by atoms with Gasteiger partial charge in [-0.05, 0) is 32.5 Å². The van der Waals surface area contributed by atoms with Gasteiger partial charge in [-0.1, -0.05) is 48.5 Å². The number of nitrogens with one attached hydrogen (secondary N) is 2. The lowest BCUT2D eigenvalue weighted by atomic mass is 10.0. The number of rotatable bonds is 4. The zero-order chi connectivity index (χ0) is 26.4. The molecular weight excluding hydrogens is 494 g/mol. The molecule has 0 saturated carbocycles. The molecule has 0 bridgehead atoms. The smallest absolute Gasteiger partial charge is 0.256 e. The quantitative estimate of drug-likeness (QED) is 0.356. The number of hydrogen-bond donors (Lipinski definition) is 2. The molecule has 2 aromatic heterocycles. The molecule has 0 spiro atoms. The largest absolute Gasteiger partial charge is 0.358 e. The predicted octanol–water partition coefficient (Wildman–Crippen LogP) is 5.30. The second-order valence-electron chi connectivity index (χ2n) is 9.90. The SMILES string of the molecule is Cc1[nH]c(/C=C2\C(=O)Nc3c2cccc3-c2csc(-c3ccccc3)n2)c(C)c1C(=O)N1CCN(C)CC1. The van der Waals surface area contributed by atoms with E-state index in [2.05, 4.69) is 22.2 Å². The van der Waals surface area contributed by atoms with Gasteiger partial charge in [0.25, 0.3) is 11.8 Å². The monoisotopic (exact) mass is 523 g/mol. The fourth-order valence-electron chi connectivity index (χ4n) is 5.23. The molecule has 2 amide bonds. The van der Waals surface area contributed by atoms with Crippen LogP contribution in [0.2, 0.25) is 0 Å². The molecule has 1 saturated heterocycles. The number of hydrogen-bond acceptors (Lipinski definition) is 5. The van der Waals surface area contributed by atoms with E-state index in [1.54, 1.807) is 11.3 Å². The van der Waals surface area contributed by atoms with Crippen molar-refractivity contribution in [3.8, 4) is 21.8 Å². The van der Waals surface area contributed by atoms with Crippen molar-refractivity contribution in [2.45, 2.75) is 13.8 Å². The van der Waals surface area contributed by atoms with Crippen LogP contribution in [0.5, 0.6) is 0 Å². The summed E-state index contributed by atoms with van der Waals surface area (Å²) in [6.07, 6.45) is 1.87. The Morgan fingerprint density at radius 1 is 1.00 bits per heavy atom. The van der Waals surface area contributed by atoms with Gasteiger partial charge in [0.15, 0.2) is 0 Å². The summed E-state index contributed by atoms with van der Waals surface area (Å²) >= 11 is 1.59. The average molecular weight is 524 g/mol. The Bertz CT molecular complexity index is 1580. The number of aryl methyl sites for hydroxylation is 1. The van der Waals surface area contributed by atoms with Crippen LogP contribution in [0.1, 0.15) is 32.9 Å². The highest BCUT2D eigenvalue weighted by molar-refractivity contribution is 7.13. The minimum Gasteiger partial charge on any atom is -0.358 e. The number of piperazine rings is 1. The number of fused-ring (bicyclic) bond motifs is 1. The Balaban J connectivity index is 1.33. The van der Waals surface area contributed by atoms with Gasteiger partial charge in [0.05, 0.1) is 22.5 Å². The molecule has 2 aliphatic rings. The third-order valence-corrected chi connectivity index (χ3v) is 8.30. The van der Waals surface area contributed by atoms with Gasteiger partial charge >= 0.3 is 0 Å². The molecule has 0 atom stereocenters. The van der Waals surface area contributed by atoms with E-state index in [1.165, 1.54) is 0 Å². The number of aromatic amines is 1. The van der Waals surface area contributed by atoms with E-state index in [1.807, 2.05) is 78.7 Å². The Morgan fingerprint density at radius 3 is 2.50 bits per heavy atom. The third kappa shape index (κ3) is 4.25. The van der Waals surface area contributed by atoms with Gasteiger partial charge in [0.2, 0.25) is 0 Å². The molecule has 6 rings (SSSR count). The summed E-state index contributed by atoms with van der Waals surface area (Å²) in [5.41, 5.74) is 8.13. The first-order chi connectivity index (χ1) is 18.4. The molecule has 4 heterocycles. The maximum atomic E-state index is 13.3. The lowest BCUT2D eigenvalue weighted by molar-refractivity contribution is -0.110. The van der Waals surface area contributed by atoms with Crippen LogP contribution in [0.15, 0.2) is 53.9 Å². The van der Waals surface area contributed by atoms with Gasteiger partial charge in [-0.3, -0.25) is 9.59 Å². The minimum atomic E-state index is -0.162. The molecule has 0 radical (unpaired) electrons. The number of anilines is 1. The topological polar surface area (TPSA) is 81.3 Å². The molecule has 0 aliphatic carbocycles. The summed E-state index contributed by atoms with van der Waals surface area (Å²) in [4.78, 5) is 38.9. The Hall–Kier alpha value is -4.01. The summed E-state index contributed by atoms with van der Waals surface area (Å²) in [5.74, 6) is -0.116. The molecule has 4 aromatic rings. The summed E-state index contributed by atoms with van der Waals surface area (Å²) in [5, 5.41) is 6.03. The molecule has 38 heavy (non-hydrogen) atoms. The van der Waals surface area contributed by atoms with E-state index in [-0.39, 0.29) is 11.8 Å². The van der Waals surface area contributed by atoms with Gasteiger partial charge in [-0.2, -0.15) is 0 Å². The molecule has 192 valence electrons. The lowest BCUT2D eigenvalue weighted by Crippen LogP contribution is -2.47. The number of H-pyrrole nitrogens is 1. The number of benzene rings is 2. The lowest BCUT2D eigenvalue weighted by Gasteiger charge is -2.32. The number of thiazole rings is 1. The van der Waals surface area contributed by atoms with Crippen LogP contribution >= 0.6 is 11.3 Å². The Labute approximate surface area is 225 Å². The highest BCUT2D eigenvalue weighted by Crippen LogP contribution is 2.41. The van der Waals surface area contributed by atoms with E-state index in [4.69, 9.17) is 4.98 Å². The summed E-state index contributed by atoms with van der Waals surface area (Å²) in [7, 11) is 2.07. The van der Waals surface area contributed by atoms with Crippen molar-refractivity contribution in [2.75, 3.05) is 38.5 Å². The van der Waals surface area contributed by atoms with Gasteiger partial charge in [0, 0.05) is 59.6 Å². The van der Waals surface area contributed by atoms with Crippen molar-refractivity contribution >= 4 is 40.5 Å². The van der Waals surface area contributed by atoms with Crippen LogP contribution in [0.4, 0.5) is 5.69 Å². The Kier molecular flexibility index (Phi) is 6.21. The number of likely N-dealkylation sites (N-methyl/N-ethyl adjacent to an activating group) is 1. The van der Waals surface area contributed by atoms with E-state index >= 15 is 0 Å². The van der Waals surface area contributed by atoms with E-state index in [0.29, 0.717) is 11.1 Å². The summed E-state index contributed by atoms with van der Waals surface area (Å²) in [6, 6.07) is 16.0. The number of aromatic nitrogens is 2. The highest BCUT2D eigenvalue weighted by Gasteiger charge is 2.29. The average Bonchev–Trinajstić information content (AvgIpc) is 3.61. The molecule has 2 aromatic carbocycles. The van der Waals surface area contributed by atoms with Crippen LogP contribution < -0.4 is 5.32 Å². The van der Waals surface area contributed by atoms with Crippen molar-refractivity contribution in [1.82, 2.24) is 19.8 Å². The van der Waals surface area contributed by atoms with Crippen molar-refractivity contribution in [1.29, 1.82) is 0 Å². The first kappa shape index (κ1) is 24.3. The molecule has 0 unspecified atom stereocenters. The second kappa shape index (κ2) is 9.70. The highest BCUT2D eigenvalue weighted by atomic mass is 32.1. The van der Waals surface area contributed by atoms with E-state index in [0.717, 1.165) is 76.2 Å². The van der Waals surface area contributed by atoms with Gasteiger partial charge in [-0.25, -0.2) is 4.98 Å². The molecule has 7 nitrogen and oxygen atoms in total. The molecule has 1 fully saturated rings. The van der Waals surface area contributed by atoms with Crippen molar-refractivity contribution in [2.24, 2.45) is 0 Å². The normalized spacial score (nSPS) is 16.7. The molecule has 2 aliphatic heterocycles. The number of nitrogens with zero attached hydrogens (tertiary/aromatic N) is 3. The second-order valence-corrected chi connectivity index (χ2v) is 10.8. The van der Waals surface area contributed by atoms with Crippen LogP contribution in [0, 0.1) is 13.8 Å². The third-order valence-electron chi connectivity index (χ3n) is 7.41. The standard InChI is InChI=1S/C30H29N5O2S/c1-18-24(31-19(2)26(18)30(37)35-14-12-34(3)13-15-35)16-23-21-10-7-11-22(27(21)33-28(23)36)25-17-38-29(32-25)20-8-5-4-6-9-20/h4-11,16-17,31H,12-15H2,1-3H3,(H,33,36)/b23-16-. The van der Waals surface area contributed by atoms with Crippen LogP contribution in [-0.2, 0) is 4.79 Å². The first-order valence-corrected chi connectivity index (χ1v) is 13.6. The summed E-state index contributed by atoms with van der Waals surface area (Å²) in [6.45, 7) is 7.05. The minimum absolute atomic E-state index is 0.0466. The number of amides is 2. The van der Waals surface area contributed by atoms with Gasteiger partial charge < -0.3 is 20.1 Å². The van der Waals surface area contributed by atoms with Crippen molar-refractivity contribution in [3.63, 3.8) is 0 Å². The van der Waals surface area contributed by atoms with Crippen molar-refractivity contribution in [3.05, 3.63) is 82.0 Å². The maximum absolute atomic E-state index is 13.3. The number of para-hydroxylation sites is 1. The van der Waals surface area contributed by atoms with Crippen LogP contribution in [-0.4, -0.2) is 64.8 Å². The maximum Gasteiger partial charge on any atom is 0.256 e.